The second-order valence-electron chi connectivity index (χ2n) is 9.26. The Hall–Kier alpha value is -3.13. The number of Topliss-reactive ketones (excluding diaryl/α,β-unsaturated/α-hetero) is 1. The van der Waals surface area contributed by atoms with Crippen molar-refractivity contribution < 1.29 is 19.1 Å². The first-order chi connectivity index (χ1) is 15.9. The SMILES string of the molecule is CCOC(=O)C1=C(COCCn2ccnc2)N=C2CC(C)(C)CC(=O)C2C1c1cccnc1. The van der Waals surface area contributed by atoms with E-state index in [1.54, 1.807) is 31.8 Å². The van der Waals surface area contributed by atoms with Gasteiger partial charge in [-0.2, -0.15) is 0 Å². The highest BCUT2D eigenvalue weighted by Gasteiger charge is 2.48. The number of pyridine rings is 1. The van der Waals surface area contributed by atoms with Gasteiger partial charge >= 0.3 is 5.97 Å². The first-order valence-electron chi connectivity index (χ1n) is 11.3. The van der Waals surface area contributed by atoms with Crippen LogP contribution in [0.3, 0.4) is 0 Å². The second-order valence-corrected chi connectivity index (χ2v) is 9.26. The number of esters is 1. The molecular weight excluding hydrogens is 420 g/mol. The lowest BCUT2D eigenvalue weighted by molar-refractivity contribution is -0.139. The Kier molecular flexibility index (Phi) is 6.83. The summed E-state index contributed by atoms with van der Waals surface area (Å²) in [6.07, 6.45) is 9.85. The van der Waals surface area contributed by atoms with E-state index in [1.807, 2.05) is 22.9 Å². The summed E-state index contributed by atoms with van der Waals surface area (Å²) < 4.78 is 13.3. The van der Waals surface area contributed by atoms with Crippen LogP contribution in [0.25, 0.3) is 0 Å². The molecule has 0 saturated heterocycles. The average Bonchev–Trinajstić information content (AvgIpc) is 3.29. The number of aliphatic imine (C=N–C) groups is 1. The molecule has 33 heavy (non-hydrogen) atoms. The monoisotopic (exact) mass is 450 g/mol. The summed E-state index contributed by atoms with van der Waals surface area (Å²) >= 11 is 0. The molecule has 0 amide bonds. The summed E-state index contributed by atoms with van der Waals surface area (Å²) in [5.74, 6) is -1.34. The van der Waals surface area contributed by atoms with Crippen molar-refractivity contribution in [1.82, 2.24) is 14.5 Å². The van der Waals surface area contributed by atoms with Crippen LogP contribution in [-0.2, 0) is 25.6 Å². The van der Waals surface area contributed by atoms with Crippen LogP contribution < -0.4 is 0 Å². The number of nitrogens with zero attached hydrogens (tertiary/aromatic N) is 4. The fourth-order valence-electron chi connectivity index (χ4n) is 4.74. The van der Waals surface area contributed by atoms with Crippen LogP contribution in [0.15, 0.2) is 59.5 Å². The van der Waals surface area contributed by atoms with E-state index in [9.17, 15) is 9.59 Å². The molecule has 2 aromatic heterocycles. The molecule has 1 saturated carbocycles. The standard InChI is InChI=1S/C25H30N4O4/c1-4-33-24(31)23-19(15-32-11-10-29-9-8-27-16-29)28-18-12-25(2,3)13-20(30)22(18)21(23)17-6-5-7-26-14-17/h5-9,14,16,21-22H,4,10-13,15H2,1-3H3. The first-order valence-corrected chi connectivity index (χ1v) is 11.3. The normalized spacial score (nSPS) is 22.0. The van der Waals surface area contributed by atoms with Gasteiger partial charge in [-0.3, -0.25) is 14.8 Å². The number of hydrogen-bond acceptors (Lipinski definition) is 7. The van der Waals surface area contributed by atoms with Crippen molar-refractivity contribution >= 4 is 17.5 Å². The molecule has 0 aromatic carbocycles. The fourth-order valence-corrected chi connectivity index (χ4v) is 4.74. The van der Waals surface area contributed by atoms with Crippen molar-refractivity contribution in [3.05, 3.63) is 60.1 Å². The van der Waals surface area contributed by atoms with Crippen LogP contribution in [0.1, 0.15) is 45.1 Å². The zero-order valence-corrected chi connectivity index (χ0v) is 19.4. The maximum atomic E-state index is 13.3. The zero-order chi connectivity index (χ0) is 23.4. The predicted octanol–water partition coefficient (Wildman–Crippen LogP) is 3.36. The Balaban J connectivity index is 1.72. The molecule has 174 valence electrons. The van der Waals surface area contributed by atoms with Crippen molar-refractivity contribution in [1.29, 1.82) is 0 Å². The van der Waals surface area contributed by atoms with Gasteiger partial charge in [0, 0.05) is 49.4 Å². The lowest BCUT2D eigenvalue weighted by Gasteiger charge is -2.41. The number of imidazole rings is 1. The van der Waals surface area contributed by atoms with Crippen LogP contribution in [0.4, 0.5) is 0 Å². The van der Waals surface area contributed by atoms with E-state index in [1.165, 1.54) is 0 Å². The molecule has 0 radical (unpaired) electrons. The Morgan fingerprint density at radius 1 is 1.21 bits per heavy atom. The topological polar surface area (TPSA) is 95.7 Å². The van der Waals surface area contributed by atoms with Crippen LogP contribution in [0.2, 0.25) is 0 Å². The number of hydrogen-bond donors (Lipinski definition) is 0. The minimum absolute atomic E-state index is 0.0979. The van der Waals surface area contributed by atoms with Gasteiger partial charge in [-0.25, -0.2) is 9.78 Å². The molecule has 1 fully saturated rings. The molecule has 1 aliphatic carbocycles. The minimum atomic E-state index is -0.490. The van der Waals surface area contributed by atoms with Gasteiger partial charge in [0.2, 0.25) is 0 Å². The van der Waals surface area contributed by atoms with Crippen molar-refractivity contribution in [3.63, 3.8) is 0 Å². The number of ether oxygens (including phenoxy) is 2. The maximum absolute atomic E-state index is 13.3. The molecule has 0 N–H and O–H groups in total. The Labute approximate surface area is 193 Å². The van der Waals surface area contributed by atoms with Gasteiger partial charge < -0.3 is 14.0 Å². The molecule has 8 heteroatoms. The number of rotatable bonds is 8. The van der Waals surface area contributed by atoms with E-state index >= 15 is 0 Å². The molecule has 8 nitrogen and oxygen atoms in total. The minimum Gasteiger partial charge on any atom is -0.463 e. The van der Waals surface area contributed by atoms with Gasteiger partial charge in [0.15, 0.2) is 0 Å². The van der Waals surface area contributed by atoms with Gasteiger partial charge in [-0.1, -0.05) is 19.9 Å². The van der Waals surface area contributed by atoms with Gasteiger partial charge in [-0.05, 0) is 30.4 Å². The smallest absolute Gasteiger partial charge is 0.336 e. The fraction of sp³-hybridized carbons (Fsp3) is 0.480. The number of aromatic nitrogens is 3. The van der Waals surface area contributed by atoms with Crippen molar-refractivity contribution in [2.45, 2.75) is 46.1 Å². The zero-order valence-electron chi connectivity index (χ0n) is 19.4. The summed E-state index contributed by atoms with van der Waals surface area (Å²) in [7, 11) is 0. The Bertz CT molecular complexity index is 1060. The third-order valence-corrected chi connectivity index (χ3v) is 6.08. The number of carbonyl (C=O) groups is 2. The van der Waals surface area contributed by atoms with E-state index in [-0.39, 0.29) is 24.4 Å². The largest absolute Gasteiger partial charge is 0.463 e. The molecule has 2 aliphatic rings. The van der Waals surface area contributed by atoms with Crippen LogP contribution in [0, 0.1) is 11.3 Å². The molecule has 2 atom stereocenters. The van der Waals surface area contributed by atoms with Crippen molar-refractivity contribution in [2.24, 2.45) is 16.3 Å². The van der Waals surface area contributed by atoms with Gasteiger partial charge in [0.25, 0.3) is 0 Å². The van der Waals surface area contributed by atoms with E-state index in [0.29, 0.717) is 37.3 Å². The highest BCUT2D eigenvalue weighted by molar-refractivity contribution is 6.12. The van der Waals surface area contributed by atoms with Crippen LogP contribution in [-0.4, -0.2) is 51.8 Å². The summed E-state index contributed by atoms with van der Waals surface area (Å²) in [4.78, 5) is 39.6. The average molecular weight is 451 g/mol. The Morgan fingerprint density at radius 2 is 2.06 bits per heavy atom. The van der Waals surface area contributed by atoms with Crippen LogP contribution in [0.5, 0.6) is 0 Å². The lowest BCUT2D eigenvalue weighted by atomic mass is 9.63. The van der Waals surface area contributed by atoms with E-state index < -0.39 is 17.8 Å². The van der Waals surface area contributed by atoms with Crippen molar-refractivity contribution in [2.75, 3.05) is 19.8 Å². The van der Waals surface area contributed by atoms with Crippen molar-refractivity contribution in [3.8, 4) is 0 Å². The third-order valence-electron chi connectivity index (χ3n) is 6.08. The highest BCUT2D eigenvalue weighted by atomic mass is 16.5. The molecule has 3 heterocycles. The maximum Gasteiger partial charge on any atom is 0.336 e. The third kappa shape index (κ3) is 5.11. The van der Waals surface area contributed by atoms with Gasteiger partial charge in [0.1, 0.15) is 5.78 Å². The molecule has 2 unspecified atom stereocenters. The molecule has 1 aliphatic heterocycles. The summed E-state index contributed by atoms with van der Waals surface area (Å²) in [5.41, 5.74) is 2.37. The van der Waals surface area contributed by atoms with Crippen LogP contribution >= 0.6 is 0 Å². The predicted molar refractivity (Wildman–Crippen MR) is 123 cm³/mol. The molecule has 0 bridgehead atoms. The number of fused-ring (bicyclic) bond motifs is 1. The molecule has 4 rings (SSSR count). The lowest BCUT2D eigenvalue weighted by Crippen LogP contribution is -2.44. The Morgan fingerprint density at radius 3 is 2.76 bits per heavy atom. The summed E-state index contributed by atoms with van der Waals surface area (Å²) in [6, 6.07) is 3.73. The second kappa shape index (κ2) is 9.79. The molecule has 2 aromatic rings. The quantitative estimate of drug-likeness (QED) is 0.452. The van der Waals surface area contributed by atoms with Gasteiger partial charge in [0.05, 0.1) is 43.3 Å². The van der Waals surface area contributed by atoms with E-state index in [0.717, 1.165) is 11.3 Å². The molecule has 0 spiro atoms. The summed E-state index contributed by atoms with van der Waals surface area (Å²) in [5, 5.41) is 0. The summed E-state index contributed by atoms with van der Waals surface area (Å²) in [6.45, 7) is 7.39. The van der Waals surface area contributed by atoms with Gasteiger partial charge in [-0.15, -0.1) is 0 Å². The number of carbonyl (C=O) groups excluding carboxylic acids is 2. The molecular formula is C25H30N4O4. The van der Waals surface area contributed by atoms with E-state index in [2.05, 4.69) is 23.8 Å². The number of ketones is 1. The highest BCUT2D eigenvalue weighted by Crippen LogP contribution is 2.46. The van der Waals surface area contributed by atoms with E-state index in [4.69, 9.17) is 14.5 Å². The first kappa shape index (κ1) is 23.0.